The molecule has 1 aromatic heterocycles. The van der Waals surface area contributed by atoms with E-state index in [1.807, 2.05) is 30.3 Å². The first-order valence-electron chi connectivity index (χ1n) is 7.10. The van der Waals surface area contributed by atoms with Crippen LogP contribution in [-0.4, -0.2) is 34.9 Å². The van der Waals surface area contributed by atoms with Gasteiger partial charge in [0.2, 0.25) is 5.91 Å². The summed E-state index contributed by atoms with van der Waals surface area (Å²) in [5.74, 6) is -0.282. The molecule has 1 aromatic carbocycles. The van der Waals surface area contributed by atoms with E-state index < -0.39 is 0 Å². The van der Waals surface area contributed by atoms with Gasteiger partial charge in [-0.25, -0.2) is 4.98 Å². The third kappa shape index (κ3) is 5.32. The summed E-state index contributed by atoms with van der Waals surface area (Å²) in [6.45, 7) is 0.993. The Morgan fingerprint density at radius 2 is 1.77 bits per heavy atom. The Hall–Kier alpha value is -2.76. The number of carbonyl (C=O) groups excluding carboxylic acids is 2. The summed E-state index contributed by atoms with van der Waals surface area (Å²) in [5, 5.41) is 5.56. The first-order chi connectivity index (χ1) is 10.8. The highest BCUT2D eigenvalue weighted by Gasteiger charge is 2.06. The number of hydrogen-bond acceptors (Lipinski definition) is 4. The van der Waals surface area contributed by atoms with Gasteiger partial charge in [0.25, 0.3) is 5.91 Å². The molecule has 0 aliphatic rings. The maximum atomic E-state index is 11.7. The van der Waals surface area contributed by atoms with Crippen LogP contribution in [0.5, 0.6) is 0 Å². The summed E-state index contributed by atoms with van der Waals surface area (Å²) < 4.78 is 0. The molecule has 2 amide bonds. The molecule has 2 N–H and O–H groups in total. The van der Waals surface area contributed by atoms with Crippen molar-refractivity contribution in [3.05, 3.63) is 60.2 Å². The van der Waals surface area contributed by atoms with Crippen molar-refractivity contribution < 1.29 is 9.59 Å². The lowest BCUT2D eigenvalue weighted by molar-refractivity contribution is -0.120. The van der Waals surface area contributed by atoms with E-state index in [0.717, 1.165) is 5.56 Å². The van der Waals surface area contributed by atoms with Crippen LogP contribution >= 0.6 is 0 Å². The van der Waals surface area contributed by atoms with Crippen molar-refractivity contribution >= 4 is 11.8 Å². The van der Waals surface area contributed by atoms with Crippen LogP contribution in [0.25, 0.3) is 0 Å². The molecule has 2 aromatic rings. The second-order valence-corrected chi connectivity index (χ2v) is 4.71. The largest absolute Gasteiger partial charge is 0.356 e. The van der Waals surface area contributed by atoms with Crippen molar-refractivity contribution in [2.24, 2.45) is 0 Å². The molecular weight excluding hydrogens is 280 g/mol. The van der Waals surface area contributed by atoms with Crippen LogP contribution in [0.4, 0.5) is 0 Å². The molecule has 0 aliphatic heterocycles. The van der Waals surface area contributed by atoms with Crippen LogP contribution in [0.15, 0.2) is 48.9 Å². The average Bonchev–Trinajstić information content (AvgIpc) is 2.56. The zero-order valence-corrected chi connectivity index (χ0v) is 12.2. The molecule has 0 spiro atoms. The van der Waals surface area contributed by atoms with Gasteiger partial charge in [0.15, 0.2) is 0 Å². The highest BCUT2D eigenvalue weighted by Crippen LogP contribution is 1.99. The maximum Gasteiger partial charge on any atom is 0.271 e. The zero-order chi connectivity index (χ0) is 15.6. The fourth-order valence-corrected chi connectivity index (χ4v) is 1.87. The summed E-state index contributed by atoms with van der Waals surface area (Å²) in [6, 6.07) is 9.57. The highest BCUT2D eigenvalue weighted by atomic mass is 16.2. The average molecular weight is 298 g/mol. The number of nitrogens with zero attached hydrogens (tertiary/aromatic N) is 2. The monoisotopic (exact) mass is 298 g/mol. The van der Waals surface area contributed by atoms with Crippen LogP contribution in [-0.2, 0) is 11.2 Å². The summed E-state index contributed by atoms with van der Waals surface area (Å²) in [5.41, 5.74) is 1.27. The van der Waals surface area contributed by atoms with E-state index in [1.165, 1.54) is 18.6 Å². The summed E-state index contributed by atoms with van der Waals surface area (Å²) in [4.78, 5) is 31.1. The van der Waals surface area contributed by atoms with E-state index in [1.54, 1.807) is 0 Å². The predicted octanol–water partition coefficient (Wildman–Crippen LogP) is 0.955. The first-order valence-corrected chi connectivity index (χ1v) is 7.10. The lowest BCUT2D eigenvalue weighted by Gasteiger charge is -2.06. The number of aromatic nitrogens is 2. The Kier molecular flexibility index (Phi) is 6.04. The van der Waals surface area contributed by atoms with Crippen molar-refractivity contribution in [1.82, 2.24) is 20.6 Å². The Morgan fingerprint density at radius 3 is 2.50 bits per heavy atom. The lowest BCUT2D eigenvalue weighted by Crippen LogP contribution is -2.31. The number of rotatable bonds is 7. The van der Waals surface area contributed by atoms with Gasteiger partial charge >= 0.3 is 0 Å². The highest BCUT2D eigenvalue weighted by molar-refractivity contribution is 5.91. The summed E-state index contributed by atoms with van der Waals surface area (Å²) in [7, 11) is 0. The topological polar surface area (TPSA) is 84.0 Å². The normalized spacial score (nSPS) is 10.0. The van der Waals surface area contributed by atoms with E-state index >= 15 is 0 Å². The summed E-state index contributed by atoms with van der Waals surface area (Å²) >= 11 is 0. The van der Waals surface area contributed by atoms with Crippen LogP contribution < -0.4 is 10.6 Å². The Bertz CT molecular complexity index is 602. The van der Waals surface area contributed by atoms with Gasteiger partial charge < -0.3 is 10.6 Å². The number of benzene rings is 1. The van der Waals surface area contributed by atoms with Crippen LogP contribution in [0.3, 0.4) is 0 Å². The molecule has 6 nitrogen and oxygen atoms in total. The molecule has 6 heteroatoms. The van der Waals surface area contributed by atoms with E-state index in [-0.39, 0.29) is 17.5 Å². The van der Waals surface area contributed by atoms with E-state index in [2.05, 4.69) is 20.6 Å². The van der Waals surface area contributed by atoms with Gasteiger partial charge in [-0.3, -0.25) is 14.6 Å². The van der Waals surface area contributed by atoms with Crippen LogP contribution in [0.2, 0.25) is 0 Å². The van der Waals surface area contributed by atoms with Crippen molar-refractivity contribution in [3.63, 3.8) is 0 Å². The van der Waals surface area contributed by atoms with Gasteiger partial charge in [0.1, 0.15) is 5.69 Å². The minimum absolute atomic E-state index is 0.0218. The predicted molar refractivity (Wildman–Crippen MR) is 82.1 cm³/mol. The van der Waals surface area contributed by atoms with Gasteiger partial charge in [-0.2, -0.15) is 0 Å². The number of hydrogen-bond donors (Lipinski definition) is 2. The van der Waals surface area contributed by atoms with E-state index in [9.17, 15) is 9.59 Å². The second kappa shape index (κ2) is 8.51. The number of amides is 2. The van der Waals surface area contributed by atoms with Gasteiger partial charge in [-0.15, -0.1) is 0 Å². The van der Waals surface area contributed by atoms with E-state index in [4.69, 9.17) is 0 Å². The Morgan fingerprint density at radius 1 is 1.00 bits per heavy atom. The van der Waals surface area contributed by atoms with Crippen molar-refractivity contribution in [1.29, 1.82) is 0 Å². The standard InChI is InChI=1S/C16H18N4O2/c21-15(11-13-5-2-1-3-6-13)19-7-4-8-20-16(22)14-12-17-9-10-18-14/h1-3,5-6,9-10,12H,4,7-8,11H2,(H,19,21)(H,20,22). The molecule has 2 rings (SSSR count). The summed E-state index contributed by atoms with van der Waals surface area (Å²) in [6.07, 6.45) is 5.42. The molecule has 0 fully saturated rings. The Labute approximate surface area is 129 Å². The number of nitrogens with one attached hydrogen (secondary N) is 2. The third-order valence-corrected chi connectivity index (χ3v) is 2.96. The van der Waals surface area contributed by atoms with Crippen molar-refractivity contribution in [3.8, 4) is 0 Å². The van der Waals surface area contributed by atoms with Crippen LogP contribution in [0.1, 0.15) is 22.5 Å². The maximum absolute atomic E-state index is 11.7. The second-order valence-electron chi connectivity index (χ2n) is 4.71. The molecule has 0 radical (unpaired) electrons. The van der Waals surface area contributed by atoms with Gasteiger partial charge in [-0.1, -0.05) is 30.3 Å². The van der Waals surface area contributed by atoms with E-state index in [0.29, 0.717) is 25.9 Å². The molecule has 0 saturated heterocycles. The molecular formula is C16H18N4O2. The minimum atomic E-state index is -0.260. The van der Waals surface area contributed by atoms with Gasteiger partial charge in [-0.05, 0) is 12.0 Å². The zero-order valence-electron chi connectivity index (χ0n) is 12.2. The fraction of sp³-hybridized carbons (Fsp3) is 0.250. The van der Waals surface area contributed by atoms with Crippen LogP contribution in [0, 0.1) is 0 Å². The smallest absolute Gasteiger partial charge is 0.271 e. The van der Waals surface area contributed by atoms with Crippen molar-refractivity contribution in [2.45, 2.75) is 12.8 Å². The molecule has 1 heterocycles. The number of carbonyl (C=O) groups is 2. The molecule has 0 aliphatic carbocycles. The molecule has 0 bridgehead atoms. The molecule has 0 atom stereocenters. The fourth-order valence-electron chi connectivity index (χ4n) is 1.87. The first kappa shape index (κ1) is 15.6. The van der Waals surface area contributed by atoms with Gasteiger partial charge in [0, 0.05) is 25.5 Å². The lowest BCUT2D eigenvalue weighted by atomic mass is 10.1. The molecule has 22 heavy (non-hydrogen) atoms. The quantitative estimate of drug-likeness (QED) is 0.746. The molecule has 0 saturated carbocycles. The Balaban J connectivity index is 1.59. The van der Waals surface area contributed by atoms with Crippen molar-refractivity contribution in [2.75, 3.05) is 13.1 Å². The SMILES string of the molecule is O=C(Cc1ccccc1)NCCCNC(=O)c1cnccn1. The molecule has 114 valence electrons. The third-order valence-electron chi connectivity index (χ3n) is 2.96. The van der Waals surface area contributed by atoms with Gasteiger partial charge in [0.05, 0.1) is 12.6 Å². The minimum Gasteiger partial charge on any atom is -0.356 e. The molecule has 0 unspecified atom stereocenters.